The minimum absolute atomic E-state index is 0.0371. The van der Waals surface area contributed by atoms with E-state index in [0.29, 0.717) is 13.0 Å². The predicted octanol–water partition coefficient (Wildman–Crippen LogP) is 2.34. The molecular weight excluding hydrogens is 408 g/mol. The molecule has 0 radical (unpaired) electrons. The van der Waals surface area contributed by atoms with Gasteiger partial charge >= 0.3 is 5.69 Å². The third-order valence-electron chi connectivity index (χ3n) is 5.23. The summed E-state index contributed by atoms with van der Waals surface area (Å²) in [6.45, 7) is 2.50. The third kappa shape index (κ3) is 4.81. The Labute approximate surface area is 186 Å². The fourth-order valence-electron chi connectivity index (χ4n) is 3.72. The summed E-state index contributed by atoms with van der Waals surface area (Å²) in [6.07, 6.45) is 0.637. The molecule has 0 aliphatic carbocycles. The number of nitrogen functional groups attached to an aromatic ring is 1. The third-order valence-corrected chi connectivity index (χ3v) is 5.23. The van der Waals surface area contributed by atoms with Gasteiger partial charge in [0.25, 0.3) is 5.56 Å². The fourth-order valence-corrected chi connectivity index (χ4v) is 3.72. The van der Waals surface area contributed by atoms with Crippen LogP contribution in [0.25, 0.3) is 0 Å². The smallest absolute Gasteiger partial charge is 0.330 e. The number of rotatable bonds is 9. The molecule has 0 unspecified atom stereocenters. The molecule has 8 nitrogen and oxygen atoms in total. The molecule has 0 saturated heterocycles. The molecule has 168 valence electrons. The van der Waals surface area contributed by atoms with Gasteiger partial charge in [0.1, 0.15) is 5.82 Å². The van der Waals surface area contributed by atoms with Crippen molar-refractivity contribution in [3.05, 3.63) is 92.6 Å². The summed E-state index contributed by atoms with van der Waals surface area (Å²) in [5.41, 5.74) is 6.48. The minimum Gasteiger partial charge on any atom is -0.383 e. The van der Waals surface area contributed by atoms with E-state index in [1.54, 1.807) is 0 Å². The van der Waals surface area contributed by atoms with Crippen LogP contribution < -0.4 is 21.9 Å². The molecule has 3 rings (SSSR count). The molecule has 0 aliphatic rings. The van der Waals surface area contributed by atoms with Crippen LogP contribution in [0.5, 0.6) is 0 Å². The quantitative estimate of drug-likeness (QED) is 0.535. The van der Waals surface area contributed by atoms with Crippen LogP contribution >= 0.6 is 0 Å². The van der Waals surface area contributed by atoms with Gasteiger partial charge in [0.05, 0.1) is 12.5 Å². The standard InChI is InChI=1S/C24H28N4O4/c1-3-14-28-21(25)20(22(29)26-24(28)31)27(15-16-32-2)23(30)19(17-10-6-4-7-11-17)18-12-8-5-9-13-18/h4-13,19H,3,14-16,25H2,1-2H3,(H,26,29,31). The molecule has 2 aromatic carbocycles. The minimum atomic E-state index is -0.704. The molecule has 0 aliphatic heterocycles. The van der Waals surface area contributed by atoms with Crippen LogP contribution in [0, 0.1) is 0 Å². The predicted molar refractivity (Wildman–Crippen MR) is 125 cm³/mol. The lowest BCUT2D eigenvalue weighted by molar-refractivity contribution is -0.119. The molecular formula is C24H28N4O4. The van der Waals surface area contributed by atoms with Crippen LogP contribution in [0.4, 0.5) is 11.5 Å². The summed E-state index contributed by atoms with van der Waals surface area (Å²) >= 11 is 0. The van der Waals surface area contributed by atoms with Crippen molar-refractivity contribution in [2.24, 2.45) is 0 Å². The zero-order valence-corrected chi connectivity index (χ0v) is 18.3. The second-order valence-corrected chi connectivity index (χ2v) is 7.38. The number of ether oxygens (including phenoxy) is 1. The molecule has 0 spiro atoms. The van der Waals surface area contributed by atoms with Crippen LogP contribution in [0.3, 0.4) is 0 Å². The summed E-state index contributed by atoms with van der Waals surface area (Å²) in [7, 11) is 1.51. The Morgan fingerprint density at radius 3 is 2.12 bits per heavy atom. The van der Waals surface area contributed by atoms with Gasteiger partial charge in [-0.3, -0.25) is 19.1 Å². The number of nitrogens with two attached hydrogens (primary N) is 1. The van der Waals surface area contributed by atoms with Crippen molar-refractivity contribution < 1.29 is 9.53 Å². The SMILES string of the molecule is CCCn1c(N)c(N(CCOC)C(=O)C(c2ccccc2)c2ccccc2)c(=O)[nH]c1=O. The van der Waals surface area contributed by atoms with Crippen LogP contribution in [0.1, 0.15) is 30.4 Å². The first kappa shape index (κ1) is 23.0. The van der Waals surface area contributed by atoms with Gasteiger partial charge in [0, 0.05) is 20.2 Å². The van der Waals surface area contributed by atoms with Crippen molar-refractivity contribution in [3.8, 4) is 0 Å². The molecule has 0 atom stereocenters. The molecule has 32 heavy (non-hydrogen) atoms. The number of aromatic amines is 1. The topological polar surface area (TPSA) is 110 Å². The second-order valence-electron chi connectivity index (χ2n) is 7.38. The number of nitrogens with zero attached hydrogens (tertiary/aromatic N) is 2. The maximum absolute atomic E-state index is 14.0. The van der Waals surface area contributed by atoms with Gasteiger partial charge in [0.15, 0.2) is 5.69 Å². The fraction of sp³-hybridized carbons (Fsp3) is 0.292. The van der Waals surface area contributed by atoms with Crippen LogP contribution in [-0.4, -0.2) is 35.7 Å². The molecule has 8 heteroatoms. The van der Waals surface area contributed by atoms with Gasteiger partial charge < -0.3 is 15.4 Å². The van der Waals surface area contributed by atoms with E-state index in [2.05, 4.69) is 4.98 Å². The van der Waals surface area contributed by atoms with E-state index >= 15 is 0 Å². The zero-order valence-electron chi connectivity index (χ0n) is 18.3. The number of H-pyrrole nitrogens is 1. The van der Waals surface area contributed by atoms with Gasteiger partial charge in [-0.1, -0.05) is 67.6 Å². The number of amides is 1. The zero-order chi connectivity index (χ0) is 23.1. The monoisotopic (exact) mass is 436 g/mol. The molecule has 1 aromatic heterocycles. The van der Waals surface area contributed by atoms with E-state index in [1.807, 2.05) is 67.6 Å². The van der Waals surface area contributed by atoms with Crippen molar-refractivity contribution in [1.82, 2.24) is 9.55 Å². The Morgan fingerprint density at radius 2 is 1.62 bits per heavy atom. The lowest BCUT2D eigenvalue weighted by Crippen LogP contribution is -2.44. The van der Waals surface area contributed by atoms with Gasteiger partial charge in [-0.2, -0.15) is 0 Å². The Bertz CT molecular complexity index is 1120. The van der Waals surface area contributed by atoms with Gasteiger partial charge in [-0.25, -0.2) is 4.79 Å². The van der Waals surface area contributed by atoms with Crippen molar-refractivity contribution >= 4 is 17.4 Å². The van der Waals surface area contributed by atoms with Crippen molar-refractivity contribution in [2.75, 3.05) is 30.9 Å². The number of carbonyl (C=O) groups is 1. The van der Waals surface area contributed by atoms with Crippen molar-refractivity contribution in [3.63, 3.8) is 0 Å². The molecule has 0 bridgehead atoms. The molecule has 0 saturated carbocycles. The molecule has 1 heterocycles. The van der Waals surface area contributed by atoms with Gasteiger partial charge in [0.2, 0.25) is 5.91 Å². The Hall–Kier alpha value is -3.65. The first-order valence-corrected chi connectivity index (χ1v) is 10.5. The highest BCUT2D eigenvalue weighted by Crippen LogP contribution is 2.29. The number of aromatic nitrogens is 2. The lowest BCUT2D eigenvalue weighted by atomic mass is 9.90. The molecule has 0 fully saturated rings. The highest BCUT2D eigenvalue weighted by Gasteiger charge is 2.31. The maximum Gasteiger partial charge on any atom is 0.330 e. The number of benzene rings is 2. The average molecular weight is 437 g/mol. The number of anilines is 2. The Kier molecular flexibility index (Phi) is 7.62. The van der Waals surface area contributed by atoms with Crippen LogP contribution in [0.2, 0.25) is 0 Å². The van der Waals surface area contributed by atoms with Crippen molar-refractivity contribution in [2.45, 2.75) is 25.8 Å². The van der Waals surface area contributed by atoms with E-state index < -0.39 is 17.2 Å². The van der Waals surface area contributed by atoms with E-state index in [9.17, 15) is 14.4 Å². The first-order valence-electron chi connectivity index (χ1n) is 10.5. The van der Waals surface area contributed by atoms with E-state index in [1.165, 1.54) is 16.6 Å². The first-order chi connectivity index (χ1) is 15.5. The number of hydrogen-bond donors (Lipinski definition) is 2. The summed E-state index contributed by atoms with van der Waals surface area (Å²) in [5, 5.41) is 0. The molecule has 3 N–H and O–H groups in total. The van der Waals surface area contributed by atoms with Gasteiger partial charge in [-0.15, -0.1) is 0 Å². The Balaban J connectivity index is 2.19. The molecule has 1 amide bonds. The largest absolute Gasteiger partial charge is 0.383 e. The average Bonchev–Trinajstić information content (AvgIpc) is 2.80. The number of nitrogens with one attached hydrogen (secondary N) is 1. The summed E-state index contributed by atoms with van der Waals surface area (Å²) < 4.78 is 6.48. The van der Waals surface area contributed by atoms with E-state index in [-0.39, 0.29) is 30.6 Å². The molecule has 3 aromatic rings. The lowest BCUT2D eigenvalue weighted by Gasteiger charge is -2.28. The normalized spacial score (nSPS) is 11.0. The van der Waals surface area contributed by atoms with Crippen molar-refractivity contribution in [1.29, 1.82) is 0 Å². The summed E-state index contributed by atoms with van der Waals surface area (Å²) in [5.74, 6) is -1.04. The number of methoxy groups -OCH3 is 1. The number of hydrogen-bond acceptors (Lipinski definition) is 5. The number of carbonyl (C=O) groups excluding carboxylic acids is 1. The Morgan fingerprint density at radius 1 is 1.06 bits per heavy atom. The highest BCUT2D eigenvalue weighted by molar-refractivity contribution is 6.01. The second kappa shape index (κ2) is 10.6. The van der Waals surface area contributed by atoms with E-state index in [4.69, 9.17) is 10.5 Å². The van der Waals surface area contributed by atoms with Gasteiger partial charge in [-0.05, 0) is 17.5 Å². The van der Waals surface area contributed by atoms with E-state index in [0.717, 1.165) is 11.1 Å². The van der Waals surface area contributed by atoms with Crippen LogP contribution in [0.15, 0.2) is 70.3 Å². The summed E-state index contributed by atoms with van der Waals surface area (Å²) in [6, 6.07) is 18.7. The maximum atomic E-state index is 14.0. The van der Waals surface area contributed by atoms with Crippen LogP contribution in [-0.2, 0) is 16.1 Å². The highest BCUT2D eigenvalue weighted by atomic mass is 16.5. The summed E-state index contributed by atoms with van der Waals surface area (Å²) in [4.78, 5) is 42.7.